The van der Waals surface area contributed by atoms with Gasteiger partial charge in [-0.1, -0.05) is 45.6 Å². The van der Waals surface area contributed by atoms with Gasteiger partial charge in [-0.15, -0.1) is 52.6 Å². The van der Waals surface area contributed by atoms with Gasteiger partial charge in [-0.2, -0.15) is 0 Å². The standard InChI is InChI=1S/C16H28N4Si4/c1-9-21(10-2)17-22(11-3,12-4)19-24(15-7,16-8)20-23(13-5,14-6)18-21/h9-20H,1-8H2. The molecular formula is C16H28N4Si4. The van der Waals surface area contributed by atoms with Gasteiger partial charge in [0.15, 0.2) is 0 Å². The van der Waals surface area contributed by atoms with Crippen LogP contribution in [0, 0.1) is 0 Å². The Hall–Kier alpha value is -1.37. The summed E-state index contributed by atoms with van der Waals surface area (Å²) in [4.78, 5) is 0. The van der Waals surface area contributed by atoms with Gasteiger partial charge in [0.2, 0.25) is 33.6 Å². The van der Waals surface area contributed by atoms with Crippen LogP contribution in [0.3, 0.4) is 0 Å². The van der Waals surface area contributed by atoms with E-state index in [-0.39, 0.29) is 0 Å². The molecule has 0 amide bonds. The van der Waals surface area contributed by atoms with E-state index in [1.54, 1.807) is 0 Å². The second-order valence-corrected chi connectivity index (χ2v) is 19.8. The summed E-state index contributed by atoms with van der Waals surface area (Å²) in [7, 11) is -9.84. The van der Waals surface area contributed by atoms with Gasteiger partial charge in [-0.05, 0) is 0 Å². The van der Waals surface area contributed by atoms with Crippen LogP contribution in [0.25, 0.3) is 0 Å². The van der Waals surface area contributed by atoms with Crippen LogP contribution in [-0.4, -0.2) is 33.6 Å². The minimum absolute atomic E-state index is 1.92. The summed E-state index contributed by atoms with van der Waals surface area (Å²) in [5.41, 5.74) is 15.4. The van der Waals surface area contributed by atoms with E-state index in [2.05, 4.69) is 71.2 Å². The molecule has 4 N–H and O–H groups in total. The number of hydrogen-bond donors (Lipinski definition) is 4. The number of hydrogen-bond acceptors (Lipinski definition) is 4. The zero-order chi connectivity index (χ0) is 18.5. The minimum atomic E-state index is -2.46. The van der Waals surface area contributed by atoms with Crippen LogP contribution in [0.2, 0.25) is 0 Å². The van der Waals surface area contributed by atoms with E-state index < -0.39 is 33.6 Å². The summed E-state index contributed by atoms with van der Waals surface area (Å²) in [6, 6.07) is 0. The molecule has 0 saturated carbocycles. The molecule has 0 spiro atoms. The first-order valence-corrected chi connectivity index (χ1v) is 16.2. The van der Waals surface area contributed by atoms with Crippen molar-refractivity contribution in [2.45, 2.75) is 0 Å². The first-order valence-electron chi connectivity index (χ1n) is 7.58. The second kappa shape index (κ2) is 7.67. The SMILES string of the molecule is C=C[Si]1(C=C)N[Si](C=C)(C=C)N[Si](C=C)(C=C)N[Si](C=C)(C=C)N1. The zero-order valence-electron chi connectivity index (χ0n) is 14.3. The van der Waals surface area contributed by atoms with Crippen molar-refractivity contribution in [2.75, 3.05) is 0 Å². The van der Waals surface area contributed by atoms with Crippen LogP contribution in [0.15, 0.2) is 98.2 Å². The maximum absolute atomic E-state index is 4.03. The molecule has 1 aliphatic rings. The van der Waals surface area contributed by atoms with Gasteiger partial charge >= 0.3 is 0 Å². The molecule has 1 rings (SSSR count). The topological polar surface area (TPSA) is 48.1 Å². The third-order valence-corrected chi connectivity index (χ3v) is 22.6. The molecule has 0 radical (unpaired) electrons. The fourth-order valence-electron chi connectivity index (χ4n) is 2.64. The van der Waals surface area contributed by atoms with E-state index in [4.69, 9.17) is 0 Å². The maximum Gasteiger partial charge on any atom is 0.241 e. The van der Waals surface area contributed by atoms with Crippen molar-refractivity contribution in [1.29, 1.82) is 0 Å². The van der Waals surface area contributed by atoms with E-state index in [1.165, 1.54) is 0 Å². The van der Waals surface area contributed by atoms with Crippen molar-refractivity contribution in [3.63, 3.8) is 0 Å². The van der Waals surface area contributed by atoms with Gasteiger partial charge in [0.25, 0.3) is 0 Å². The molecule has 0 aromatic carbocycles. The fourth-order valence-corrected chi connectivity index (χ4v) is 24.0. The Labute approximate surface area is 150 Å². The summed E-state index contributed by atoms with van der Waals surface area (Å²) in [5.74, 6) is 0. The smallest absolute Gasteiger partial charge is 0.241 e. The van der Waals surface area contributed by atoms with Crippen LogP contribution >= 0.6 is 0 Å². The van der Waals surface area contributed by atoms with Gasteiger partial charge in [-0.3, -0.25) is 0 Å². The molecule has 128 valence electrons. The quantitative estimate of drug-likeness (QED) is 0.480. The predicted molar refractivity (Wildman–Crippen MR) is 117 cm³/mol. The van der Waals surface area contributed by atoms with Crippen LogP contribution in [-0.2, 0) is 0 Å². The third-order valence-electron chi connectivity index (χ3n) is 4.23. The zero-order valence-corrected chi connectivity index (χ0v) is 18.3. The van der Waals surface area contributed by atoms with E-state index >= 15 is 0 Å². The molecule has 0 atom stereocenters. The lowest BCUT2D eigenvalue weighted by molar-refractivity contribution is 1.11. The van der Waals surface area contributed by atoms with Crippen LogP contribution < -0.4 is 18.6 Å². The molecule has 4 nitrogen and oxygen atoms in total. The van der Waals surface area contributed by atoms with Gasteiger partial charge in [0, 0.05) is 0 Å². The van der Waals surface area contributed by atoms with Crippen molar-refractivity contribution >= 4 is 33.6 Å². The van der Waals surface area contributed by atoms with Gasteiger partial charge < -0.3 is 18.6 Å². The van der Waals surface area contributed by atoms with Crippen molar-refractivity contribution in [1.82, 2.24) is 18.6 Å². The second-order valence-electron chi connectivity index (χ2n) is 5.61. The molecular weight excluding hydrogens is 361 g/mol. The highest BCUT2D eigenvalue weighted by Gasteiger charge is 2.51. The summed E-state index contributed by atoms with van der Waals surface area (Å²) in [6.45, 7) is 32.3. The highest BCUT2D eigenvalue weighted by Crippen LogP contribution is 2.17. The lowest BCUT2D eigenvalue weighted by atomic mass is 11.2. The minimum Gasteiger partial charge on any atom is -0.323 e. The summed E-state index contributed by atoms with van der Waals surface area (Å²) < 4.78 is 15.0. The third kappa shape index (κ3) is 3.66. The van der Waals surface area contributed by atoms with Crippen LogP contribution in [0.4, 0.5) is 0 Å². The molecule has 1 heterocycles. The Balaban J connectivity index is 3.68. The largest absolute Gasteiger partial charge is 0.323 e. The van der Waals surface area contributed by atoms with Gasteiger partial charge in [0.1, 0.15) is 0 Å². The van der Waals surface area contributed by atoms with E-state index in [1.807, 2.05) is 45.6 Å². The predicted octanol–water partition coefficient (Wildman–Crippen LogP) is 1.93. The Morgan fingerprint density at radius 2 is 0.458 bits per heavy atom. The molecule has 1 aliphatic heterocycles. The molecule has 0 aromatic rings. The lowest BCUT2D eigenvalue weighted by Gasteiger charge is -2.50. The Kier molecular flexibility index (Phi) is 6.61. The highest BCUT2D eigenvalue weighted by atomic mass is 28.5. The molecule has 0 unspecified atom stereocenters. The molecule has 0 aromatic heterocycles. The van der Waals surface area contributed by atoms with E-state index in [0.717, 1.165) is 0 Å². The maximum atomic E-state index is 4.03. The molecule has 1 fully saturated rings. The van der Waals surface area contributed by atoms with Gasteiger partial charge in [0.05, 0.1) is 0 Å². The summed E-state index contributed by atoms with van der Waals surface area (Å²) in [5, 5.41) is 0. The van der Waals surface area contributed by atoms with Crippen molar-refractivity contribution in [2.24, 2.45) is 0 Å². The van der Waals surface area contributed by atoms with E-state index in [9.17, 15) is 0 Å². The average molecular weight is 389 g/mol. The number of rotatable bonds is 8. The Bertz CT molecular complexity index is 447. The normalized spacial score (nSPS) is 23.3. The van der Waals surface area contributed by atoms with Gasteiger partial charge in [-0.25, -0.2) is 0 Å². The molecule has 0 aliphatic carbocycles. The molecule has 8 heteroatoms. The Morgan fingerprint density at radius 1 is 0.333 bits per heavy atom. The monoisotopic (exact) mass is 388 g/mol. The summed E-state index contributed by atoms with van der Waals surface area (Å²) >= 11 is 0. The van der Waals surface area contributed by atoms with E-state index in [0.29, 0.717) is 0 Å². The van der Waals surface area contributed by atoms with Crippen molar-refractivity contribution in [3.8, 4) is 0 Å². The first-order chi connectivity index (χ1) is 11.3. The van der Waals surface area contributed by atoms with Crippen molar-refractivity contribution < 1.29 is 0 Å². The van der Waals surface area contributed by atoms with Crippen molar-refractivity contribution in [3.05, 3.63) is 98.2 Å². The Morgan fingerprint density at radius 3 is 0.542 bits per heavy atom. The highest BCUT2D eigenvalue weighted by molar-refractivity contribution is 7.14. The fraction of sp³-hybridized carbons (Fsp3) is 0. The molecule has 1 saturated heterocycles. The summed E-state index contributed by atoms with van der Waals surface area (Å²) in [6.07, 6.45) is 0. The lowest BCUT2D eigenvalue weighted by Crippen LogP contribution is -2.90. The molecule has 24 heavy (non-hydrogen) atoms. The van der Waals surface area contributed by atoms with Crippen LogP contribution in [0.5, 0.6) is 0 Å². The number of nitrogens with one attached hydrogen (secondary N) is 4. The first kappa shape index (κ1) is 20.7. The van der Waals surface area contributed by atoms with Crippen LogP contribution in [0.1, 0.15) is 0 Å². The molecule has 0 bridgehead atoms. The average Bonchev–Trinajstić information content (AvgIpc) is 2.63.